The predicted molar refractivity (Wildman–Crippen MR) is 113 cm³/mol. The van der Waals surface area contributed by atoms with Gasteiger partial charge in [0.05, 0.1) is 10.6 Å². The fourth-order valence-electron chi connectivity index (χ4n) is 2.23. The van der Waals surface area contributed by atoms with Crippen LogP contribution < -0.4 is 10.6 Å². The number of thiocarbonyl (C=S) groups is 1. The van der Waals surface area contributed by atoms with Gasteiger partial charge in [0.25, 0.3) is 0 Å². The molecule has 1 heterocycles. The van der Waals surface area contributed by atoms with E-state index in [1.165, 1.54) is 0 Å². The highest BCUT2D eigenvalue weighted by Crippen LogP contribution is 2.32. The number of anilines is 1. The van der Waals surface area contributed by atoms with Crippen LogP contribution in [0.4, 0.5) is 5.69 Å². The van der Waals surface area contributed by atoms with Crippen molar-refractivity contribution in [2.75, 3.05) is 5.32 Å². The first-order chi connectivity index (χ1) is 12.6. The Kier molecular flexibility index (Phi) is 5.42. The van der Waals surface area contributed by atoms with Gasteiger partial charge in [0, 0.05) is 16.1 Å². The second-order valence-electron chi connectivity index (χ2n) is 6.98. The van der Waals surface area contributed by atoms with Gasteiger partial charge in [-0.1, -0.05) is 44.0 Å². The molecule has 0 aliphatic rings. The molecule has 1 amide bonds. The summed E-state index contributed by atoms with van der Waals surface area (Å²) in [7, 11) is 0. The second-order valence-corrected chi connectivity index (χ2v) is 8.24. The molecule has 3 rings (SSSR count). The Hall–Kier alpha value is -2.15. The number of halogens is 2. The van der Waals surface area contributed by atoms with E-state index in [1.54, 1.807) is 36.4 Å². The highest BCUT2D eigenvalue weighted by molar-refractivity contribution is 7.80. The third-order valence-electron chi connectivity index (χ3n) is 3.71. The number of nitrogens with one attached hydrogen (secondary N) is 2. The molecule has 0 radical (unpaired) electrons. The van der Waals surface area contributed by atoms with Gasteiger partial charge in [0.15, 0.2) is 10.7 Å². The van der Waals surface area contributed by atoms with Gasteiger partial charge in [-0.05, 0) is 48.6 Å². The van der Waals surface area contributed by atoms with Crippen LogP contribution in [0.3, 0.4) is 0 Å². The molecule has 8 heteroatoms. The SMILES string of the molecule is CC(C)(C)C(=O)NC(=S)Nc1ccc2oc(-c3cc(Cl)ccc3Cl)nc2c1. The minimum atomic E-state index is -0.535. The van der Waals surface area contributed by atoms with Crippen molar-refractivity contribution in [2.45, 2.75) is 20.8 Å². The summed E-state index contributed by atoms with van der Waals surface area (Å²) in [6.45, 7) is 5.44. The lowest BCUT2D eigenvalue weighted by molar-refractivity contribution is -0.126. The van der Waals surface area contributed by atoms with E-state index < -0.39 is 5.41 Å². The Bertz CT molecular complexity index is 1040. The van der Waals surface area contributed by atoms with Crippen molar-refractivity contribution in [3.63, 3.8) is 0 Å². The number of nitrogens with zero attached hydrogens (tertiary/aromatic N) is 1. The average molecular weight is 422 g/mol. The van der Waals surface area contributed by atoms with Gasteiger partial charge < -0.3 is 15.1 Å². The van der Waals surface area contributed by atoms with Crippen molar-refractivity contribution in [3.8, 4) is 11.5 Å². The van der Waals surface area contributed by atoms with Crippen LogP contribution in [0.2, 0.25) is 10.0 Å². The summed E-state index contributed by atoms with van der Waals surface area (Å²) in [6, 6.07) is 10.4. The number of aromatic nitrogens is 1. The summed E-state index contributed by atoms with van der Waals surface area (Å²) in [5, 5.41) is 6.90. The van der Waals surface area contributed by atoms with E-state index in [2.05, 4.69) is 15.6 Å². The highest BCUT2D eigenvalue weighted by Gasteiger charge is 2.22. The quantitative estimate of drug-likeness (QED) is 0.522. The van der Waals surface area contributed by atoms with Crippen LogP contribution in [0.25, 0.3) is 22.6 Å². The van der Waals surface area contributed by atoms with Crippen molar-refractivity contribution in [3.05, 3.63) is 46.4 Å². The van der Waals surface area contributed by atoms with Crippen molar-refractivity contribution in [1.29, 1.82) is 0 Å². The Morgan fingerprint density at radius 1 is 1.15 bits per heavy atom. The predicted octanol–water partition coefficient (Wildman–Crippen LogP) is 5.66. The zero-order valence-electron chi connectivity index (χ0n) is 14.9. The molecule has 2 N–H and O–H groups in total. The molecule has 0 aliphatic carbocycles. The number of benzene rings is 2. The van der Waals surface area contributed by atoms with Gasteiger partial charge in [-0.2, -0.15) is 0 Å². The number of fused-ring (bicyclic) bond motifs is 1. The number of amides is 1. The van der Waals surface area contributed by atoms with Crippen molar-refractivity contribution in [1.82, 2.24) is 10.3 Å². The summed E-state index contributed by atoms with van der Waals surface area (Å²) >= 11 is 17.4. The van der Waals surface area contributed by atoms with E-state index in [-0.39, 0.29) is 11.0 Å². The van der Waals surface area contributed by atoms with Gasteiger partial charge >= 0.3 is 0 Å². The Morgan fingerprint density at radius 2 is 1.89 bits per heavy atom. The lowest BCUT2D eigenvalue weighted by atomic mass is 9.96. The molecule has 0 atom stereocenters. The van der Waals surface area contributed by atoms with Crippen LogP contribution in [-0.2, 0) is 4.79 Å². The molecule has 0 spiro atoms. The fraction of sp³-hybridized carbons (Fsp3) is 0.211. The van der Waals surface area contributed by atoms with Crippen LogP contribution in [0, 0.1) is 5.41 Å². The van der Waals surface area contributed by atoms with E-state index >= 15 is 0 Å². The van der Waals surface area contributed by atoms with Crippen LogP contribution in [-0.4, -0.2) is 16.0 Å². The van der Waals surface area contributed by atoms with Gasteiger partial charge in [-0.3, -0.25) is 4.79 Å². The van der Waals surface area contributed by atoms with Gasteiger partial charge in [-0.15, -0.1) is 0 Å². The second kappa shape index (κ2) is 7.46. The van der Waals surface area contributed by atoms with Crippen LogP contribution in [0.1, 0.15) is 20.8 Å². The smallest absolute Gasteiger partial charge is 0.231 e. The lowest BCUT2D eigenvalue weighted by Crippen LogP contribution is -2.41. The molecule has 0 saturated heterocycles. The number of carbonyl (C=O) groups excluding carboxylic acids is 1. The van der Waals surface area contributed by atoms with Crippen LogP contribution >= 0.6 is 35.4 Å². The van der Waals surface area contributed by atoms with Crippen molar-refractivity contribution >= 4 is 63.2 Å². The molecule has 2 aromatic carbocycles. The zero-order valence-corrected chi connectivity index (χ0v) is 17.2. The normalized spacial score (nSPS) is 11.4. The monoisotopic (exact) mass is 421 g/mol. The van der Waals surface area contributed by atoms with Gasteiger partial charge in [0.1, 0.15) is 5.52 Å². The number of carbonyl (C=O) groups is 1. The summed E-state index contributed by atoms with van der Waals surface area (Å²) in [5.41, 5.74) is 1.97. The molecule has 27 heavy (non-hydrogen) atoms. The molecular formula is C19H17Cl2N3O2S. The Morgan fingerprint density at radius 3 is 2.59 bits per heavy atom. The van der Waals surface area contributed by atoms with Gasteiger partial charge in [-0.25, -0.2) is 4.98 Å². The molecule has 5 nitrogen and oxygen atoms in total. The maximum atomic E-state index is 12.0. The highest BCUT2D eigenvalue weighted by atomic mass is 35.5. The molecule has 0 fully saturated rings. The molecule has 0 saturated carbocycles. The maximum absolute atomic E-state index is 12.0. The number of hydrogen-bond donors (Lipinski definition) is 2. The summed E-state index contributed by atoms with van der Waals surface area (Å²) in [6.07, 6.45) is 0. The molecular weight excluding hydrogens is 405 g/mol. The van der Waals surface area contributed by atoms with Crippen LogP contribution in [0.5, 0.6) is 0 Å². The van der Waals surface area contributed by atoms with E-state index in [1.807, 2.05) is 20.8 Å². The topological polar surface area (TPSA) is 67.2 Å². The number of rotatable bonds is 2. The molecule has 0 unspecified atom stereocenters. The number of oxazole rings is 1. The maximum Gasteiger partial charge on any atom is 0.231 e. The molecule has 140 valence electrons. The third kappa shape index (κ3) is 4.58. The summed E-state index contributed by atoms with van der Waals surface area (Å²) in [5.74, 6) is 0.207. The first-order valence-corrected chi connectivity index (χ1v) is 9.28. The molecule has 0 aliphatic heterocycles. The van der Waals surface area contributed by atoms with E-state index in [4.69, 9.17) is 39.8 Å². The van der Waals surface area contributed by atoms with Crippen LogP contribution in [0.15, 0.2) is 40.8 Å². The minimum absolute atomic E-state index is 0.166. The van der Waals surface area contributed by atoms with E-state index in [0.29, 0.717) is 38.3 Å². The largest absolute Gasteiger partial charge is 0.436 e. The first-order valence-electron chi connectivity index (χ1n) is 8.12. The Labute approximate surface area is 172 Å². The molecule has 1 aromatic heterocycles. The van der Waals surface area contributed by atoms with Crippen molar-refractivity contribution < 1.29 is 9.21 Å². The molecule has 0 bridgehead atoms. The minimum Gasteiger partial charge on any atom is -0.436 e. The molecule has 3 aromatic rings. The first kappa shape index (κ1) is 19.6. The summed E-state index contributed by atoms with van der Waals surface area (Å²) < 4.78 is 5.77. The van der Waals surface area contributed by atoms with Crippen molar-refractivity contribution in [2.24, 2.45) is 5.41 Å². The van der Waals surface area contributed by atoms with E-state index in [0.717, 1.165) is 0 Å². The number of hydrogen-bond acceptors (Lipinski definition) is 4. The third-order valence-corrected chi connectivity index (χ3v) is 4.48. The standard InChI is InChI=1S/C19H17Cl2N3O2S/c1-19(2,3)17(25)24-18(27)22-11-5-7-15-14(9-11)23-16(26-15)12-8-10(20)4-6-13(12)21/h4-9H,1-3H3,(H2,22,24,25,27). The van der Waals surface area contributed by atoms with Gasteiger partial charge in [0.2, 0.25) is 11.8 Å². The zero-order chi connectivity index (χ0) is 19.8. The Balaban J connectivity index is 1.83. The fourth-order valence-corrected chi connectivity index (χ4v) is 2.82. The van der Waals surface area contributed by atoms with E-state index in [9.17, 15) is 4.79 Å². The summed E-state index contributed by atoms with van der Waals surface area (Å²) in [4.78, 5) is 16.5. The lowest BCUT2D eigenvalue weighted by Gasteiger charge is -2.18. The average Bonchev–Trinajstić information content (AvgIpc) is 2.99.